The lowest BCUT2D eigenvalue weighted by atomic mass is 10.2. The molecule has 1 aliphatic rings. The first kappa shape index (κ1) is 10.5. The molecule has 3 rings (SSSR count). The van der Waals surface area contributed by atoms with Gasteiger partial charge in [-0.15, -0.1) is 0 Å². The molecular weight excluding hydrogens is 234 g/mol. The third-order valence-electron chi connectivity index (χ3n) is 2.62. The van der Waals surface area contributed by atoms with Crippen molar-refractivity contribution >= 4 is 17.0 Å². The number of nitrogens with one attached hydrogen (secondary N) is 1. The molecule has 17 heavy (non-hydrogen) atoms. The quantitative estimate of drug-likeness (QED) is 0.904. The van der Waals surface area contributed by atoms with Crippen molar-refractivity contribution in [2.75, 3.05) is 18.5 Å². The van der Waals surface area contributed by atoms with Gasteiger partial charge in [0, 0.05) is 17.6 Å². The van der Waals surface area contributed by atoms with Gasteiger partial charge in [0.25, 0.3) is 0 Å². The molecular formula is C13H13NO2S. The topological polar surface area (TPSA) is 30.5 Å². The van der Waals surface area contributed by atoms with Gasteiger partial charge in [-0.2, -0.15) is 11.3 Å². The normalized spacial score (nSPS) is 13.4. The largest absolute Gasteiger partial charge is 0.486 e. The number of anilines is 1. The fourth-order valence-corrected chi connectivity index (χ4v) is 2.38. The molecule has 1 aliphatic heterocycles. The lowest BCUT2D eigenvalue weighted by molar-refractivity contribution is 0.171. The predicted octanol–water partition coefficient (Wildman–Crippen LogP) is 3.13. The van der Waals surface area contributed by atoms with E-state index in [1.54, 1.807) is 11.3 Å². The highest BCUT2D eigenvalue weighted by Gasteiger charge is 2.11. The molecule has 1 N–H and O–H groups in total. The highest BCUT2D eigenvalue weighted by atomic mass is 32.1. The first-order valence-electron chi connectivity index (χ1n) is 5.56. The van der Waals surface area contributed by atoms with E-state index in [1.165, 1.54) is 5.56 Å². The van der Waals surface area contributed by atoms with Crippen molar-refractivity contribution < 1.29 is 9.47 Å². The van der Waals surface area contributed by atoms with Crippen LogP contribution >= 0.6 is 11.3 Å². The van der Waals surface area contributed by atoms with Gasteiger partial charge in [-0.1, -0.05) is 6.07 Å². The summed E-state index contributed by atoms with van der Waals surface area (Å²) in [6, 6.07) is 8.14. The molecule has 0 spiro atoms. The van der Waals surface area contributed by atoms with Crippen LogP contribution in [0.1, 0.15) is 5.56 Å². The molecule has 4 heteroatoms. The van der Waals surface area contributed by atoms with E-state index < -0.39 is 0 Å². The Morgan fingerprint density at radius 1 is 1.12 bits per heavy atom. The van der Waals surface area contributed by atoms with Gasteiger partial charge in [-0.3, -0.25) is 0 Å². The van der Waals surface area contributed by atoms with Crippen molar-refractivity contribution in [3.05, 3.63) is 40.6 Å². The van der Waals surface area contributed by atoms with Gasteiger partial charge in [0.05, 0.1) is 0 Å². The van der Waals surface area contributed by atoms with Crippen molar-refractivity contribution in [3.8, 4) is 11.5 Å². The van der Waals surface area contributed by atoms with E-state index in [0.29, 0.717) is 13.2 Å². The summed E-state index contributed by atoms with van der Waals surface area (Å²) in [4.78, 5) is 0. The summed E-state index contributed by atoms with van der Waals surface area (Å²) in [6.45, 7) is 2.07. The predicted molar refractivity (Wildman–Crippen MR) is 69.1 cm³/mol. The SMILES string of the molecule is c1cc(NCc2ccc3c(c2)OCCO3)cs1. The molecule has 2 heterocycles. The summed E-state index contributed by atoms with van der Waals surface area (Å²) in [5.41, 5.74) is 2.35. The van der Waals surface area contributed by atoms with Crippen LogP contribution in [0.2, 0.25) is 0 Å². The Morgan fingerprint density at radius 3 is 2.82 bits per heavy atom. The van der Waals surface area contributed by atoms with Gasteiger partial charge in [0.1, 0.15) is 13.2 Å². The Morgan fingerprint density at radius 2 is 2.00 bits per heavy atom. The van der Waals surface area contributed by atoms with Gasteiger partial charge in [-0.25, -0.2) is 0 Å². The molecule has 88 valence electrons. The number of thiophene rings is 1. The van der Waals surface area contributed by atoms with Gasteiger partial charge >= 0.3 is 0 Å². The molecule has 0 amide bonds. The summed E-state index contributed by atoms with van der Waals surface area (Å²) < 4.78 is 11.0. The van der Waals surface area contributed by atoms with E-state index in [9.17, 15) is 0 Å². The molecule has 0 radical (unpaired) electrons. The zero-order chi connectivity index (χ0) is 11.5. The monoisotopic (exact) mass is 247 g/mol. The number of rotatable bonds is 3. The first-order valence-corrected chi connectivity index (χ1v) is 6.51. The zero-order valence-corrected chi connectivity index (χ0v) is 10.1. The maximum Gasteiger partial charge on any atom is 0.161 e. The first-order chi connectivity index (χ1) is 8.42. The fraction of sp³-hybridized carbons (Fsp3) is 0.231. The van der Waals surface area contributed by atoms with Gasteiger partial charge in [0.2, 0.25) is 0 Å². The van der Waals surface area contributed by atoms with Crippen molar-refractivity contribution in [3.63, 3.8) is 0 Å². The number of hydrogen-bond donors (Lipinski definition) is 1. The summed E-state index contributed by atoms with van der Waals surface area (Å²) in [7, 11) is 0. The van der Waals surface area contributed by atoms with Gasteiger partial charge in [0.15, 0.2) is 11.5 Å². The van der Waals surface area contributed by atoms with Crippen LogP contribution in [0.4, 0.5) is 5.69 Å². The molecule has 0 fully saturated rings. The Hall–Kier alpha value is -1.68. The molecule has 0 saturated heterocycles. The second-order valence-corrected chi connectivity index (χ2v) is 4.62. The van der Waals surface area contributed by atoms with E-state index in [0.717, 1.165) is 23.7 Å². The van der Waals surface area contributed by atoms with E-state index in [1.807, 2.05) is 12.1 Å². The highest BCUT2D eigenvalue weighted by molar-refractivity contribution is 7.08. The van der Waals surface area contributed by atoms with Crippen LogP contribution in [-0.4, -0.2) is 13.2 Å². The van der Waals surface area contributed by atoms with E-state index in [-0.39, 0.29) is 0 Å². The van der Waals surface area contributed by atoms with E-state index in [4.69, 9.17) is 9.47 Å². The Kier molecular flexibility index (Phi) is 2.88. The number of fused-ring (bicyclic) bond motifs is 1. The molecule has 1 aromatic carbocycles. The molecule has 0 atom stereocenters. The summed E-state index contributed by atoms with van der Waals surface area (Å²) >= 11 is 1.69. The van der Waals surface area contributed by atoms with Crippen LogP contribution < -0.4 is 14.8 Å². The van der Waals surface area contributed by atoms with E-state index in [2.05, 4.69) is 28.2 Å². The van der Waals surface area contributed by atoms with Crippen LogP contribution in [-0.2, 0) is 6.54 Å². The minimum Gasteiger partial charge on any atom is -0.486 e. The minimum atomic E-state index is 0.633. The molecule has 0 unspecified atom stereocenters. The molecule has 0 saturated carbocycles. The maximum atomic E-state index is 5.55. The number of benzene rings is 1. The lowest BCUT2D eigenvalue weighted by Crippen LogP contribution is -2.15. The fourth-order valence-electron chi connectivity index (χ4n) is 1.77. The molecule has 0 aliphatic carbocycles. The maximum absolute atomic E-state index is 5.55. The Balaban J connectivity index is 1.71. The van der Waals surface area contributed by atoms with Crippen molar-refractivity contribution in [2.45, 2.75) is 6.54 Å². The summed E-state index contributed by atoms with van der Waals surface area (Å²) in [5, 5.41) is 7.52. The Bertz CT molecular complexity index is 496. The second-order valence-electron chi connectivity index (χ2n) is 3.84. The number of ether oxygens (including phenoxy) is 2. The van der Waals surface area contributed by atoms with Crippen LogP contribution in [0.15, 0.2) is 35.0 Å². The number of hydrogen-bond acceptors (Lipinski definition) is 4. The average molecular weight is 247 g/mol. The van der Waals surface area contributed by atoms with Crippen LogP contribution in [0, 0.1) is 0 Å². The zero-order valence-electron chi connectivity index (χ0n) is 9.31. The van der Waals surface area contributed by atoms with Gasteiger partial charge < -0.3 is 14.8 Å². The minimum absolute atomic E-state index is 0.633. The van der Waals surface area contributed by atoms with Crippen LogP contribution in [0.5, 0.6) is 11.5 Å². The highest BCUT2D eigenvalue weighted by Crippen LogP contribution is 2.30. The summed E-state index contributed by atoms with van der Waals surface area (Å²) in [5.74, 6) is 1.69. The van der Waals surface area contributed by atoms with Crippen molar-refractivity contribution in [1.29, 1.82) is 0 Å². The lowest BCUT2D eigenvalue weighted by Gasteiger charge is -2.19. The average Bonchev–Trinajstić information content (AvgIpc) is 2.89. The third-order valence-corrected chi connectivity index (χ3v) is 3.31. The Labute approximate surface area is 104 Å². The molecule has 1 aromatic heterocycles. The third kappa shape index (κ3) is 2.36. The van der Waals surface area contributed by atoms with Crippen LogP contribution in [0.3, 0.4) is 0 Å². The second kappa shape index (κ2) is 4.67. The van der Waals surface area contributed by atoms with Crippen molar-refractivity contribution in [2.24, 2.45) is 0 Å². The van der Waals surface area contributed by atoms with Crippen LogP contribution in [0.25, 0.3) is 0 Å². The molecule has 2 aromatic rings. The van der Waals surface area contributed by atoms with Crippen molar-refractivity contribution in [1.82, 2.24) is 0 Å². The van der Waals surface area contributed by atoms with Gasteiger partial charge in [-0.05, 0) is 29.1 Å². The molecule has 0 bridgehead atoms. The summed E-state index contributed by atoms with van der Waals surface area (Å²) in [6.07, 6.45) is 0. The standard InChI is InChI=1S/C13H13NO2S/c1-2-12-13(16-5-4-15-12)7-10(1)8-14-11-3-6-17-9-11/h1-3,6-7,9,14H,4-5,8H2. The molecule has 3 nitrogen and oxygen atoms in total. The van der Waals surface area contributed by atoms with E-state index >= 15 is 0 Å². The smallest absolute Gasteiger partial charge is 0.161 e.